The first kappa shape index (κ1) is 20.3. The van der Waals surface area contributed by atoms with E-state index in [-0.39, 0.29) is 39.6 Å². The number of benzene rings is 2. The van der Waals surface area contributed by atoms with E-state index in [2.05, 4.69) is 4.98 Å². The van der Waals surface area contributed by atoms with Gasteiger partial charge in [0, 0.05) is 24.0 Å². The average molecular weight is 417 g/mol. The molecule has 0 spiro atoms. The fourth-order valence-corrected chi connectivity index (χ4v) is 4.07. The lowest BCUT2D eigenvalue weighted by Gasteiger charge is -2.15. The third kappa shape index (κ3) is 3.92. The molecule has 2 aromatic carbocycles. The summed E-state index contributed by atoms with van der Waals surface area (Å²) < 4.78 is 37.8. The highest BCUT2D eigenvalue weighted by molar-refractivity contribution is 7.90. The Balaban J connectivity index is 2.20. The first-order chi connectivity index (χ1) is 13.8. The molecule has 0 aliphatic carbocycles. The summed E-state index contributed by atoms with van der Waals surface area (Å²) >= 11 is 0. The summed E-state index contributed by atoms with van der Waals surface area (Å²) in [6.45, 7) is 3.46. The van der Waals surface area contributed by atoms with Crippen molar-refractivity contribution >= 4 is 15.7 Å². The van der Waals surface area contributed by atoms with Crippen LogP contribution in [0.15, 0.2) is 59.8 Å². The molecule has 3 aromatic rings. The minimum absolute atomic E-state index is 0.0198. The molecule has 0 bridgehead atoms. The van der Waals surface area contributed by atoms with Gasteiger partial charge in [-0.2, -0.15) is 0 Å². The molecule has 3 rings (SSSR count). The standard InChI is InChI=1S/C19H19N3O6S/c1-13(2)28-18-16(22(23)24)11-14(12-17(18)27-3)19-20-9-10-21(19)29(25,26)15-7-5-4-6-8-15/h4-13H,1-3H3. The minimum atomic E-state index is -3.94. The molecule has 0 atom stereocenters. The number of ether oxygens (including phenoxy) is 2. The molecule has 0 amide bonds. The third-order valence-electron chi connectivity index (χ3n) is 3.97. The van der Waals surface area contributed by atoms with Crippen LogP contribution in [0.3, 0.4) is 0 Å². The zero-order valence-electron chi connectivity index (χ0n) is 16.0. The summed E-state index contributed by atoms with van der Waals surface area (Å²) in [5.74, 6) is 0.0983. The summed E-state index contributed by atoms with van der Waals surface area (Å²) in [7, 11) is -2.59. The van der Waals surface area contributed by atoms with E-state index in [9.17, 15) is 18.5 Å². The molecule has 1 heterocycles. The molecule has 0 unspecified atom stereocenters. The molecule has 10 heteroatoms. The van der Waals surface area contributed by atoms with E-state index in [0.29, 0.717) is 0 Å². The highest BCUT2D eigenvalue weighted by Crippen LogP contribution is 2.41. The number of aromatic nitrogens is 2. The van der Waals surface area contributed by atoms with Crippen molar-refractivity contribution in [3.05, 3.63) is 65.0 Å². The van der Waals surface area contributed by atoms with Gasteiger partial charge in [0.25, 0.3) is 10.0 Å². The lowest BCUT2D eigenvalue weighted by Crippen LogP contribution is -2.14. The van der Waals surface area contributed by atoms with Crippen LogP contribution in [0.5, 0.6) is 11.5 Å². The van der Waals surface area contributed by atoms with E-state index in [1.165, 1.54) is 43.8 Å². The molecular weight excluding hydrogens is 398 g/mol. The van der Waals surface area contributed by atoms with Crippen molar-refractivity contribution in [1.82, 2.24) is 8.96 Å². The smallest absolute Gasteiger partial charge is 0.315 e. The molecule has 29 heavy (non-hydrogen) atoms. The SMILES string of the molecule is COc1cc(-c2nccn2S(=O)(=O)c2ccccc2)cc([N+](=O)[O-])c1OC(C)C. The van der Waals surface area contributed by atoms with Crippen molar-refractivity contribution in [2.45, 2.75) is 24.8 Å². The number of rotatable bonds is 7. The maximum absolute atomic E-state index is 13.0. The Kier molecular flexibility index (Phi) is 5.55. The van der Waals surface area contributed by atoms with Gasteiger partial charge in [0.05, 0.1) is 23.0 Å². The Hall–Kier alpha value is -3.40. The van der Waals surface area contributed by atoms with Gasteiger partial charge in [-0.05, 0) is 32.0 Å². The van der Waals surface area contributed by atoms with Crippen molar-refractivity contribution in [2.75, 3.05) is 7.11 Å². The zero-order valence-corrected chi connectivity index (χ0v) is 16.8. The summed E-state index contributed by atoms with van der Waals surface area (Å²) in [6.07, 6.45) is 2.27. The normalized spacial score (nSPS) is 11.4. The van der Waals surface area contributed by atoms with E-state index in [0.717, 1.165) is 3.97 Å². The molecule has 0 N–H and O–H groups in total. The highest BCUT2D eigenvalue weighted by atomic mass is 32.2. The van der Waals surface area contributed by atoms with Gasteiger partial charge in [-0.3, -0.25) is 10.1 Å². The second-order valence-corrected chi connectivity index (χ2v) is 8.13. The largest absolute Gasteiger partial charge is 0.493 e. The van der Waals surface area contributed by atoms with Gasteiger partial charge < -0.3 is 9.47 Å². The van der Waals surface area contributed by atoms with Crippen molar-refractivity contribution < 1.29 is 22.8 Å². The molecule has 152 valence electrons. The van der Waals surface area contributed by atoms with Crippen LogP contribution in [-0.4, -0.2) is 35.5 Å². The quantitative estimate of drug-likeness (QED) is 0.427. The number of hydrogen-bond donors (Lipinski definition) is 0. The van der Waals surface area contributed by atoms with Crippen LogP contribution >= 0.6 is 0 Å². The molecular formula is C19H19N3O6S. The Morgan fingerprint density at radius 1 is 1.17 bits per heavy atom. The summed E-state index contributed by atoms with van der Waals surface area (Å²) in [5.41, 5.74) is -0.145. The predicted molar refractivity (Wildman–Crippen MR) is 106 cm³/mol. The van der Waals surface area contributed by atoms with E-state index >= 15 is 0 Å². The molecule has 0 saturated heterocycles. The second kappa shape index (κ2) is 7.92. The Labute approximate surface area is 167 Å². The van der Waals surface area contributed by atoms with Crippen LogP contribution in [0, 0.1) is 10.1 Å². The molecule has 0 radical (unpaired) electrons. The van der Waals surface area contributed by atoms with Crippen molar-refractivity contribution in [3.63, 3.8) is 0 Å². The fraction of sp³-hybridized carbons (Fsp3) is 0.211. The van der Waals surface area contributed by atoms with E-state index < -0.39 is 14.9 Å². The minimum Gasteiger partial charge on any atom is -0.493 e. The Bertz CT molecular complexity index is 1140. The number of nitrogens with zero attached hydrogens (tertiary/aromatic N) is 3. The number of nitro groups is 1. The Morgan fingerprint density at radius 2 is 1.86 bits per heavy atom. The summed E-state index contributed by atoms with van der Waals surface area (Å²) in [4.78, 5) is 15.2. The average Bonchev–Trinajstić information content (AvgIpc) is 3.19. The lowest BCUT2D eigenvalue weighted by molar-refractivity contribution is -0.386. The Morgan fingerprint density at radius 3 is 2.45 bits per heavy atom. The number of hydrogen-bond acceptors (Lipinski definition) is 7. The first-order valence-corrected chi connectivity index (χ1v) is 10.1. The van der Waals surface area contributed by atoms with Gasteiger partial charge in [0.2, 0.25) is 5.75 Å². The van der Waals surface area contributed by atoms with Crippen molar-refractivity contribution in [2.24, 2.45) is 0 Å². The van der Waals surface area contributed by atoms with Crippen LogP contribution in [-0.2, 0) is 10.0 Å². The predicted octanol–water partition coefficient (Wildman–Crippen LogP) is 3.49. The topological polar surface area (TPSA) is 114 Å². The number of imidazole rings is 1. The van der Waals surface area contributed by atoms with Gasteiger partial charge >= 0.3 is 5.69 Å². The molecule has 0 aliphatic rings. The maximum atomic E-state index is 13.0. The van der Waals surface area contributed by atoms with Gasteiger partial charge in [0.15, 0.2) is 11.6 Å². The molecule has 0 saturated carbocycles. The molecule has 0 fully saturated rings. The maximum Gasteiger partial charge on any atom is 0.315 e. The molecule has 9 nitrogen and oxygen atoms in total. The summed E-state index contributed by atoms with van der Waals surface area (Å²) in [6, 6.07) is 10.5. The molecule has 1 aromatic heterocycles. The van der Waals surface area contributed by atoms with Crippen LogP contribution in [0.25, 0.3) is 11.4 Å². The van der Waals surface area contributed by atoms with Gasteiger partial charge in [-0.15, -0.1) is 0 Å². The van der Waals surface area contributed by atoms with E-state index in [1.54, 1.807) is 32.0 Å². The number of methoxy groups -OCH3 is 1. The van der Waals surface area contributed by atoms with Crippen LogP contribution in [0.4, 0.5) is 5.69 Å². The summed E-state index contributed by atoms with van der Waals surface area (Å²) in [5, 5.41) is 11.6. The zero-order chi connectivity index (χ0) is 21.2. The van der Waals surface area contributed by atoms with Gasteiger partial charge in [0.1, 0.15) is 0 Å². The van der Waals surface area contributed by atoms with Gasteiger partial charge in [-0.1, -0.05) is 18.2 Å². The van der Waals surface area contributed by atoms with Crippen LogP contribution in [0.2, 0.25) is 0 Å². The van der Waals surface area contributed by atoms with Gasteiger partial charge in [-0.25, -0.2) is 17.4 Å². The van der Waals surface area contributed by atoms with Crippen molar-refractivity contribution in [3.8, 4) is 22.9 Å². The first-order valence-electron chi connectivity index (χ1n) is 8.63. The monoisotopic (exact) mass is 417 g/mol. The van der Waals surface area contributed by atoms with E-state index in [1.807, 2.05) is 0 Å². The van der Waals surface area contributed by atoms with E-state index in [4.69, 9.17) is 9.47 Å². The molecule has 0 aliphatic heterocycles. The lowest BCUT2D eigenvalue weighted by atomic mass is 10.1. The number of nitro benzene ring substituents is 1. The fourth-order valence-electron chi connectivity index (χ4n) is 2.75. The van der Waals surface area contributed by atoms with Crippen LogP contribution in [0.1, 0.15) is 13.8 Å². The van der Waals surface area contributed by atoms with Crippen LogP contribution < -0.4 is 9.47 Å². The highest BCUT2D eigenvalue weighted by Gasteiger charge is 2.27. The van der Waals surface area contributed by atoms with Crippen molar-refractivity contribution in [1.29, 1.82) is 0 Å². The third-order valence-corrected chi connectivity index (χ3v) is 5.65. The second-order valence-electron chi connectivity index (χ2n) is 6.32.